The van der Waals surface area contributed by atoms with Crippen molar-refractivity contribution < 1.29 is 5.11 Å². The molecule has 0 aliphatic heterocycles. The first-order valence-electron chi connectivity index (χ1n) is 4.58. The van der Waals surface area contributed by atoms with Crippen molar-refractivity contribution >= 4 is 5.95 Å². The number of aliphatic hydroxyl groups excluding tert-OH is 1. The maximum atomic E-state index is 9.80. The van der Waals surface area contributed by atoms with Crippen LogP contribution >= 0.6 is 0 Å². The molecule has 4 heteroatoms. The Morgan fingerprint density at radius 2 is 2.15 bits per heavy atom. The SMILES string of the molecule is CCc1nc(N)[nH]c1C(O)C(C)C. The van der Waals surface area contributed by atoms with E-state index in [-0.39, 0.29) is 5.92 Å². The molecule has 1 aromatic heterocycles. The highest BCUT2D eigenvalue weighted by atomic mass is 16.3. The molecule has 0 spiro atoms. The molecule has 0 fully saturated rings. The number of hydrogen-bond acceptors (Lipinski definition) is 3. The van der Waals surface area contributed by atoms with Gasteiger partial charge in [-0.25, -0.2) is 4.98 Å². The highest BCUT2D eigenvalue weighted by molar-refractivity contribution is 5.27. The molecule has 13 heavy (non-hydrogen) atoms. The van der Waals surface area contributed by atoms with Crippen LogP contribution in [-0.4, -0.2) is 15.1 Å². The van der Waals surface area contributed by atoms with E-state index in [0.29, 0.717) is 5.95 Å². The van der Waals surface area contributed by atoms with Crippen LogP contribution in [0.4, 0.5) is 5.95 Å². The van der Waals surface area contributed by atoms with Crippen LogP contribution < -0.4 is 5.73 Å². The Labute approximate surface area is 78.2 Å². The minimum absolute atomic E-state index is 0.171. The van der Waals surface area contributed by atoms with E-state index in [1.807, 2.05) is 20.8 Å². The Balaban J connectivity index is 2.98. The van der Waals surface area contributed by atoms with Crippen molar-refractivity contribution in [1.29, 1.82) is 0 Å². The standard InChI is InChI=1S/C9H17N3O/c1-4-6-7(8(13)5(2)3)12-9(10)11-6/h5,8,13H,4H2,1-3H3,(H3,10,11,12). The van der Waals surface area contributed by atoms with E-state index in [1.165, 1.54) is 0 Å². The molecule has 1 heterocycles. The number of anilines is 1. The maximum absolute atomic E-state index is 9.80. The number of nitrogen functional groups attached to an aromatic ring is 1. The first-order chi connectivity index (χ1) is 6.06. The van der Waals surface area contributed by atoms with Gasteiger partial charge in [-0.05, 0) is 12.3 Å². The highest BCUT2D eigenvalue weighted by Gasteiger charge is 2.18. The van der Waals surface area contributed by atoms with E-state index in [9.17, 15) is 5.11 Å². The zero-order chi connectivity index (χ0) is 10.0. The van der Waals surface area contributed by atoms with Gasteiger partial charge in [0.15, 0.2) is 5.95 Å². The highest BCUT2D eigenvalue weighted by Crippen LogP contribution is 2.23. The predicted octanol–water partition coefficient (Wildman–Crippen LogP) is 1.24. The fourth-order valence-electron chi connectivity index (χ4n) is 1.29. The molecular formula is C9H17N3O. The van der Waals surface area contributed by atoms with Gasteiger partial charge in [0.2, 0.25) is 0 Å². The number of nitrogens with zero attached hydrogens (tertiary/aromatic N) is 1. The van der Waals surface area contributed by atoms with E-state index in [4.69, 9.17) is 5.73 Å². The van der Waals surface area contributed by atoms with Crippen molar-refractivity contribution in [2.45, 2.75) is 33.3 Å². The first-order valence-corrected chi connectivity index (χ1v) is 4.58. The zero-order valence-corrected chi connectivity index (χ0v) is 8.33. The van der Waals surface area contributed by atoms with Crippen LogP contribution in [0.15, 0.2) is 0 Å². The topological polar surface area (TPSA) is 74.9 Å². The summed E-state index contributed by atoms with van der Waals surface area (Å²) in [6.45, 7) is 5.91. The Bertz CT molecular complexity index is 280. The number of imidazole rings is 1. The molecule has 0 saturated carbocycles. The van der Waals surface area contributed by atoms with Crippen LogP contribution in [-0.2, 0) is 6.42 Å². The monoisotopic (exact) mass is 183 g/mol. The lowest BCUT2D eigenvalue weighted by Gasteiger charge is -2.13. The second kappa shape index (κ2) is 3.79. The molecule has 0 aromatic carbocycles. The fraction of sp³-hybridized carbons (Fsp3) is 0.667. The summed E-state index contributed by atoms with van der Waals surface area (Å²) in [5.41, 5.74) is 7.13. The van der Waals surface area contributed by atoms with Gasteiger partial charge in [0.05, 0.1) is 17.5 Å². The Hall–Kier alpha value is -1.03. The normalized spacial score (nSPS) is 13.6. The molecule has 1 unspecified atom stereocenters. The molecule has 0 aliphatic carbocycles. The lowest BCUT2D eigenvalue weighted by molar-refractivity contribution is 0.122. The largest absolute Gasteiger partial charge is 0.387 e. The molecule has 0 saturated heterocycles. The maximum Gasteiger partial charge on any atom is 0.197 e. The smallest absolute Gasteiger partial charge is 0.197 e. The molecule has 0 bridgehead atoms. The number of aromatic amines is 1. The molecule has 0 radical (unpaired) electrons. The number of aliphatic hydroxyl groups is 1. The van der Waals surface area contributed by atoms with Crippen LogP contribution in [0.2, 0.25) is 0 Å². The average Bonchev–Trinajstić information content (AvgIpc) is 2.45. The average molecular weight is 183 g/mol. The third-order valence-corrected chi connectivity index (χ3v) is 2.09. The molecule has 4 N–H and O–H groups in total. The summed E-state index contributed by atoms with van der Waals surface area (Å²) in [5.74, 6) is 0.552. The zero-order valence-electron chi connectivity index (χ0n) is 8.33. The van der Waals surface area contributed by atoms with Gasteiger partial charge in [-0.2, -0.15) is 0 Å². The minimum Gasteiger partial charge on any atom is -0.387 e. The number of aryl methyl sites for hydroxylation is 1. The summed E-state index contributed by atoms with van der Waals surface area (Å²) in [6.07, 6.45) is 0.284. The molecule has 1 rings (SSSR count). The number of aromatic nitrogens is 2. The molecule has 74 valence electrons. The van der Waals surface area contributed by atoms with Gasteiger partial charge in [0, 0.05) is 0 Å². The summed E-state index contributed by atoms with van der Waals surface area (Å²) in [7, 11) is 0. The lowest BCUT2D eigenvalue weighted by atomic mass is 10.0. The van der Waals surface area contributed by atoms with E-state index in [2.05, 4.69) is 9.97 Å². The predicted molar refractivity (Wildman–Crippen MR) is 52.2 cm³/mol. The summed E-state index contributed by atoms with van der Waals surface area (Å²) >= 11 is 0. The Morgan fingerprint density at radius 3 is 2.62 bits per heavy atom. The van der Waals surface area contributed by atoms with Crippen molar-refractivity contribution in [3.8, 4) is 0 Å². The fourth-order valence-corrected chi connectivity index (χ4v) is 1.29. The van der Waals surface area contributed by atoms with Gasteiger partial charge < -0.3 is 15.8 Å². The quantitative estimate of drug-likeness (QED) is 0.660. The van der Waals surface area contributed by atoms with Gasteiger partial charge in [-0.1, -0.05) is 20.8 Å². The van der Waals surface area contributed by atoms with E-state index >= 15 is 0 Å². The van der Waals surface area contributed by atoms with Gasteiger partial charge in [-0.3, -0.25) is 0 Å². The van der Waals surface area contributed by atoms with Crippen LogP contribution in [0.1, 0.15) is 38.3 Å². The van der Waals surface area contributed by atoms with Gasteiger partial charge in [0.25, 0.3) is 0 Å². The van der Waals surface area contributed by atoms with Crippen LogP contribution in [0.3, 0.4) is 0 Å². The number of H-pyrrole nitrogens is 1. The summed E-state index contributed by atoms with van der Waals surface area (Å²) in [4.78, 5) is 6.99. The van der Waals surface area contributed by atoms with Crippen molar-refractivity contribution in [2.24, 2.45) is 5.92 Å². The molecule has 4 nitrogen and oxygen atoms in total. The van der Waals surface area contributed by atoms with Crippen LogP contribution in [0.25, 0.3) is 0 Å². The van der Waals surface area contributed by atoms with E-state index in [1.54, 1.807) is 0 Å². The number of nitrogens with one attached hydrogen (secondary N) is 1. The van der Waals surface area contributed by atoms with Crippen molar-refractivity contribution in [3.05, 3.63) is 11.4 Å². The number of hydrogen-bond donors (Lipinski definition) is 3. The third kappa shape index (κ3) is 2.01. The summed E-state index contributed by atoms with van der Waals surface area (Å²) in [6, 6.07) is 0. The molecule has 0 aliphatic rings. The van der Waals surface area contributed by atoms with Crippen molar-refractivity contribution in [3.63, 3.8) is 0 Å². The minimum atomic E-state index is -0.500. The summed E-state index contributed by atoms with van der Waals surface area (Å²) < 4.78 is 0. The number of nitrogens with two attached hydrogens (primary N) is 1. The summed E-state index contributed by atoms with van der Waals surface area (Å²) in [5, 5.41) is 9.80. The van der Waals surface area contributed by atoms with E-state index in [0.717, 1.165) is 17.8 Å². The molecular weight excluding hydrogens is 166 g/mol. The Morgan fingerprint density at radius 1 is 1.54 bits per heavy atom. The third-order valence-electron chi connectivity index (χ3n) is 2.09. The molecule has 0 amide bonds. The van der Waals surface area contributed by atoms with Crippen LogP contribution in [0.5, 0.6) is 0 Å². The second-order valence-electron chi connectivity index (χ2n) is 3.52. The van der Waals surface area contributed by atoms with Gasteiger partial charge in [0.1, 0.15) is 0 Å². The first kappa shape index (κ1) is 10.1. The molecule has 1 atom stereocenters. The second-order valence-corrected chi connectivity index (χ2v) is 3.52. The lowest BCUT2D eigenvalue weighted by Crippen LogP contribution is -2.08. The van der Waals surface area contributed by atoms with Gasteiger partial charge >= 0.3 is 0 Å². The van der Waals surface area contributed by atoms with Crippen molar-refractivity contribution in [1.82, 2.24) is 9.97 Å². The number of rotatable bonds is 3. The van der Waals surface area contributed by atoms with Crippen LogP contribution in [0, 0.1) is 5.92 Å². The molecule has 1 aromatic rings. The van der Waals surface area contributed by atoms with E-state index < -0.39 is 6.10 Å². The van der Waals surface area contributed by atoms with Crippen molar-refractivity contribution in [2.75, 3.05) is 5.73 Å². The Kier molecular flexibility index (Phi) is 2.93. The van der Waals surface area contributed by atoms with Gasteiger partial charge in [-0.15, -0.1) is 0 Å².